The lowest BCUT2D eigenvalue weighted by atomic mass is 10.2. The molecule has 2 rings (SSSR count). The van der Waals surface area contributed by atoms with Gasteiger partial charge in [-0.05, 0) is 49.2 Å². The average Bonchev–Trinajstić information content (AvgIpc) is 2.57. The molecule has 0 spiro atoms. The summed E-state index contributed by atoms with van der Waals surface area (Å²) in [5, 5.41) is 14.6. The molecule has 120 valence electrons. The lowest BCUT2D eigenvalue weighted by Crippen LogP contribution is -2.09. The van der Waals surface area contributed by atoms with Crippen molar-refractivity contribution in [3.63, 3.8) is 0 Å². The summed E-state index contributed by atoms with van der Waals surface area (Å²) in [7, 11) is 0. The molecule has 23 heavy (non-hydrogen) atoms. The number of hydrazone groups is 1. The Kier molecular flexibility index (Phi) is 5.62. The van der Waals surface area contributed by atoms with Crippen LogP contribution in [-0.2, 0) is 0 Å². The van der Waals surface area contributed by atoms with Gasteiger partial charge >= 0.3 is 0 Å². The largest absolute Gasteiger partial charge is 0.491 e. The first-order chi connectivity index (χ1) is 11.1. The van der Waals surface area contributed by atoms with Crippen LogP contribution >= 0.6 is 0 Å². The Labute approximate surface area is 134 Å². The molecule has 0 radical (unpaired) electrons. The SMILES string of the molecule is CC[C@@H](C)Oc1ccc(/C=N/Nc2ccc([N+](=O)[O-])cn2)cc1. The van der Waals surface area contributed by atoms with Crippen molar-refractivity contribution in [3.05, 3.63) is 58.3 Å². The van der Waals surface area contributed by atoms with Crippen molar-refractivity contribution in [3.8, 4) is 5.75 Å². The van der Waals surface area contributed by atoms with E-state index < -0.39 is 4.92 Å². The summed E-state index contributed by atoms with van der Waals surface area (Å²) in [4.78, 5) is 13.9. The van der Waals surface area contributed by atoms with E-state index in [2.05, 4.69) is 22.4 Å². The van der Waals surface area contributed by atoms with Crippen LogP contribution in [0, 0.1) is 10.1 Å². The highest BCUT2D eigenvalue weighted by Crippen LogP contribution is 2.14. The Bertz CT molecular complexity index is 669. The van der Waals surface area contributed by atoms with E-state index in [1.54, 1.807) is 6.21 Å². The van der Waals surface area contributed by atoms with Crippen molar-refractivity contribution in [1.82, 2.24) is 4.98 Å². The summed E-state index contributed by atoms with van der Waals surface area (Å²) in [5.74, 6) is 1.25. The van der Waals surface area contributed by atoms with Crippen molar-refractivity contribution in [2.24, 2.45) is 5.10 Å². The number of aromatic nitrogens is 1. The maximum Gasteiger partial charge on any atom is 0.287 e. The van der Waals surface area contributed by atoms with E-state index in [0.29, 0.717) is 5.82 Å². The van der Waals surface area contributed by atoms with E-state index >= 15 is 0 Å². The highest BCUT2D eigenvalue weighted by molar-refractivity contribution is 5.80. The molecule has 0 aliphatic rings. The summed E-state index contributed by atoms with van der Waals surface area (Å²) in [6.45, 7) is 4.10. The third-order valence-corrected chi connectivity index (χ3v) is 3.14. The van der Waals surface area contributed by atoms with Crippen molar-refractivity contribution >= 4 is 17.7 Å². The lowest BCUT2D eigenvalue weighted by molar-refractivity contribution is -0.385. The lowest BCUT2D eigenvalue weighted by Gasteiger charge is -2.12. The van der Waals surface area contributed by atoms with E-state index in [0.717, 1.165) is 17.7 Å². The molecule has 2 aromatic rings. The predicted octanol–water partition coefficient (Wildman–Crippen LogP) is 3.61. The quantitative estimate of drug-likeness (QED) is 0.479. The van der Waals surface area contributed by atoms with Gasteiger partial charge in [-0.15, -0.1) is 0 Å². The molecule has 1 atom stereocenters. The smallest absolute Gasteiger partial charge is 0.287 e. The van der Waals surface area contributed by atoms with Gasteiger partial charge in [0.1, 0.15) is 17.8 Å². The molecular weight excluding hydrogens is 296 g/mol. The number of ether oxygens (including phenoxy) is 1. The second kappa shape index (κ2) is 7.88. The van der Waals surface area contributed by atoms with E-state index in [-0.39, 0.29) is 11.8 Å². The van der Waals surface area contributed by atoms with E-state index in [1.165, 1.54) is 18.3 Å². The number of anilines is 1. The third-order valence-electron chi connectivity index (χ3n) is 3.14. The number of nitrogens with zero attached hydrogens (tertiary/aromatic N) is 3. The van der Waals surface area contributed by atoms with Crippen LogP contribution in [0.3, 0.4) is 0 Å². The van der Waals surface area contributed by atoms with Gasteiger partial charge in [0.15, 0.2) is 0 Å². The highest BCUT2D eigenvalue weighted by atomic mass is 16.6. The summed E-state index contributed by atoms with van der Waals surface area (Å²) >= 11 is 0. The van der Waals surface area contributed by atoms with Gasteiger partial charge in [0, 0.05) is 6.07 Å². The van der Waals surface area contributed by atoms with Gasteiger partial charge in [0.2, 0.25) is 0 Å². The fourth-order valence-electron chi connectivity index (χ4n) is 1.68. The molecule has 1 aromatic carbocycles. The number of nitrogens with one attached hydrogen (secondary N) is 1. The first kappa shape index (κ1) is 16.4. The molecule has 1 aromatic heterocycles. The van der Waals surface area contributed by atoms with Gasteiger partial charge in [-0.3, -0.25) is 15.5 Å². The zero-order valence-corrected chi connectivity index (χ0v) is 13.0. The summed E-state index contributed by atoms with van der Waals surface area (Å²) < 4.78 is 5.70. The molecule has 1 heterocycles. The van der Waals surface area contributed by atoms with Gasteiger partial charge in [-0.2, -0.15) is 5.10 Å². The van der Waals surface area contributed by atoms with Gasteiger partial charge in [0.05, 0.1) is 17.2 Å². The van der Waals surface area contributed by atoms with E-state index in [9.17, 15) is 10.1 Å². The normalized spacial score (nSPS) is 12.1. The topological polar surface area (TPSA) is 89.6 Å². The summed E-state index contributed by atoms with van der Waals surface area (Å²) in [6, 6.07) is 10.4. The number of pyridine rings is 1. The Balaban J connectivity index is 1.91. The minimum Gasteiger partial charge on any atom is -0.491 e. The molecule has 1 N–H and O–H groups in total. The number of nitro groups is 1. The van der Waals surface area contributed by atoms with Crippen LogP contribution in [0.4, 0.5) is 11.5 Å². The molecule has 0 saturated carbocycles. The van der Waals surface area contributed by atoms with E-state index in [1.807, 2.05) is 31.2 Å². The zero-order chi connectivity index (χ0) is 16.7. The van der Waals surface area contributed by atoms with Crippen LogP contribution in [0.2, 0.25) is 0 Å². The first-order valence-corrected chi connectivity index (χ1v) is 7.24. The fourth-order valence-corrected chi connectivity index (χ4v) is 1.68. The molecule has 0 saturated heterocycles. The molecule has 7 nitrogen and oxygen atoms in total. The van der Waals surface area contributed by atoms with Crippen molar-refractivity contribution in [1.29, 1.82) is 0 Å². The Morgan fingerprint density at radius 1 is 1.35 bits per heavy atom. The van der Waals surface area contributed by atoms with Gasteiger partial charge in [-0.25, -0.2) is 4.98 Å². The molecule has 0 bridgehead atoms. The fraction of sp³-hybridized carbons (Fsp3) is 0.250. The molecular formula is C16H18N4O3. The molecule has 7 heteroatoms. The number of benzene rings is 1. The number of rotatable bonds is 7. The van der Waals surface area contributed by atoms with Crippen LogP contribution in [-0.4, -0.2) is 22.2 Å². The van der Waals surface area contributed by atoms with Crippen molar-refractivity contribution in [2.75, 3.05) is 5.43 Å². The van der Waals surface area contributed by atoms with Crippen LogP contribution in [0.5, 0.6) is 5.75 Å². The molecule has 0 amide bonds. The summed E-state index contributed by atoms with van der Waals surface area (Å²) in [5.41, 5.74) is 3.56. The number of hydrogen-bond donors (Lipinski definition) is 1. The monoisotopic (exact) mass is 314 g/mol. The van der Waals surface area contributed by atoms with Crippen LogP contribution in [0.15, 0.2) is 47.7 Å². The highest BCUT2D eigenvalue weighted by Gasteiger charge is 2.04. The van der Waals surface area contributed by atoms with Crippen LogP contribution in [0.1, 0.15) is 25.8 Å². The molecule has 0 aliphatic carbocycles. The minimum absolute atomic E-state index is 0.0589. The predicted molar refractivity (Wildman–Crippen MR) is 88.9 cm³/mol. The first-order valence-electron chi connectivity index (χ1n) is 7.24. The Hall–Kier alpha value is -2.96. The summed E-state index contributed by atoms with van der Waals surface area (Å²) in [6.07, 6.45) is 3.95. The maximum atomic E-state index is 10.5. The Morgan fingerprint density at radius 2 is 2.09 bits per heavy atom. The maximum absolute atomic E-state index is 10.5. The molecule has 0 fully saturated rings. The number of hydrogen-bond acceptors (Lipinski definition) is 6. The third kappa shape index (κ3) is 5.06. The Morgan fingerprint density at radius 3 is 2.65 bits per heavy atom. The van der Waals surface area contributed by atoms with E-state index in [4.69, 9.17) is 4.74 Å². The average molecular weight is 314 g/mol. The van der Waals surface area contributed by atoms with Crippen molar-refractivity contribution < 1.29 is 9.66 Å². The second-order valence-electron chi connectivity index (χ2n) is 4.93. The van der Waals surface area contributed by atoms with Crippen LogP contribution in [0.25, 0.3) is 0 Å². The molecule has 0 unspecified atom stereocenters. The van der Waals surface area contributed by atoms with Gasteiger partial charge < -0.3 is 4.74 Å². The minimum atomic E-state index is -0.497. The molecule has 0 aliphatic heterocycles. The van der Waals surface area contributed by atoms with Gasteiger partial charge in [0.25, 0.3) is 5.69 Å². The van der Waals surface area contributed by atoms with Crippen LogP contribution < -0.4 is 10.2 Å². The second-order valence-corrected chi connectivity index (χ2v) is 4.93. The van der Waals surface area contributed by atoms with Crippen molar-refractivity contribution in [2.45, 2.75) is 26.4 Å². The van der Waals surface area contributed by atoms with Gasteiger partial charge in [-0.1, -0.05) is 6.92 Å². The standard InChI is InChI=1S/C16H18N4O3/c1-3-12(2)23-15-7-4-13(5-8-15)10-18-19-16-9-6-14(11-17-16)20(21)22/h4-12H,3H2,1-2H3,(H,17,19)/b18-10+/t12-/m1/s1. The zero-order valence-electron chi connectivity index (χ0n) is 13.0.